The topological polar surface area (TPSA) is 37.4 Å². The van der Waals surface area contributed by atoms with Crippen LogP contribution in [0.15, 0.2) is 40.8 Å². The van der Waals surface area contributed by atoms with Gasteiger partial charge in [0.25, 0.3) is 9.05 Å². The van der Waals surface area contributed by atoms with Crippen LogP contribution in [0.25, 0.3) is 0 Å². The van der Waals surface area contributed by atoms with E-state index >= 15 is 0 Å². The van der Waals surface area contributed by atoms with Crippen molar-refractivity contribution >= 4 is 36.1 Å². The molecule has 15 heavy (non-hydrogen) atoms. The predicted octanol–water partition coefficient (Wildman–Crippen LogP) is 2.57. The van der Waals surface area contributed by atoms with Crippen LogP contribution in [0.4, 0.5) is 5.00 Å². The molecule has 0 aliphatic carbocycles. The Kier molecular flexibility index (Phi) is 2.86. The van der Waals surface area contributed by atoms with Gasteiger partial charge in [0.15, 0.2) is 0 Å². The Morgan fingerprint density at radius 1 is 1.33 bits per heavy atom. The van der Waals surface area contributed by atoms with Gasteiger partial charge in [-0.05, 0) is 18.2 Å². The molecular formula is C9H8ClNO2S2. The number of hydrogen-bond acceptors (Lipinski definition) is 4. The minimum atomic E-state index is -3.60. The highest BCUT2D eigenvalue weighted by Crippen LogP contribution is 2.31. The summed E-state index contributed by atoms with van der Waals surface area (Å²) in [5, 5.41) is 0.870. The van der Waals surface area contributed by atoms with E-state index in [1.54, 1.807) is 6.07 Å². The summed E-state index contributed by atoms with van der Waals surface area (Å²) < 4.78 is 22.3. The monoisotopic (exact) mass is 261 g/mol. The molecule has 2 heterocycles. The van der Waals surface area contributed by atoms with Gasteiger partial charge in [-0.15, -0.1) is 11.3 Å². The van der Waals surface area contributed by atoms with Crippen molar-refractivity contribution in [1.82, 2.24) is 0 Å². The zero-order valence-electron chi connectivity index (χ0n) is 7.63. The van der Waals surface area contributed by atoms with Gasteiger partial charge in [0.1, 0.15) is 4.21 Å². The van der Waals surface area contributed by atoms with Crippen molar-refractivity contribution in [2.24, 2.45) is 0 Å². The molecule has 80 valence electrons. The minimum absolute atomic E-state index is 0.183. The molecule has 1 aliphatic rings. The van der Waals surface area contributed by atoms with Crippen LogP contribution in [-0.2, 0) is 9.05 Å². The molecule has 0 bridgehead atoms. The smallest absolute Gasteiger partial charge is 0.270 e. The molecule has 0 amide bonds. The van der Waals surface area contributed by atoms with Crippen LogP contribution in [0.2, 0.25) is 0 Å². The Labute approximate surface area is 96.7 Å². The molecule has 1 aliphatic heterocycles. The van der Waals surface area contributed by atoms with Crippen LogP contribution in [0, 0.1) is 0 Å². The molecule has 0 N–H and O–H groups in total. The molecule has 2 rings (SSSR count). The standard InChI is InChI=1S/C9H8ClNO2S2/c10-15(12,13)9-5-4-8(14-9)11-6-2-1-3-7-11/h1-6H,7H2. The van der Waals surface area contributed by atoms with E-state index in [-0.39, 0.29) is 4.21 Å². The van der Waals surface area contributed by atoms with Crippen LogP contribution in [0.5, 0.6) is 0 Å². The lowest BCUT2D eigenvalue weighted by atomic mass is 10.3. The highest BCUT2D eigenvalue weighted by Gasteiger charge is 2.15. The molecule has 1 aromatic rings. The van der Waals surface area contributed by atoms with E-state index in [0.29, 0.717) is 0 Å². The van der Waals surface area contributed by atoms with Crippen LogP contribution >= 0.6 is 22.0 Å². The van der Waals surface area contributed by atoms with Crippen molar-refractivity contribution in [2.45, 2.75) is 4.21 Å². The number of nitrogens with zero attached hydrogens (tertiary/aromatic N) is 1. The predicted molar refractivity (Wildman–Crippen MR) is 63.0 cm³/mol. The summed E-state index contributed by atoms with van der Waals surface area (Å²) in [4.78, 5) is 1.95. The molecule has 6 heteroatoms. The first kappa shape index (κ1) is 10.7. The maximum atomic E-state index is 11.1. The fourth-order valence-corrected chi connectivity index (χ4v) is 3.28. The number of halogens is 1. The lowest BCUT2D eigenvalue weighted by Crippen LogP contribution is -2.15. The average Bonchev–Trinajstić information content (AvgIpc) is 2.67. The quantitative estimate of drug-likeness (QED) is 0.768. The second-order valence-electron chi connectivity index (χ2n) is 2.95. The molecular weight excluding hydrogens is 254 g/mol. The van der Waals surface area contributed by atoms with Crippen molar-refractivity contribution < 1.29 is 8.42 Å². The van der Waals surface area contributed by atoms with E-state index in [2.05, 4.69) is 0 Å². The van der Waals surface area contributed by atoms with Gasteiger partial charge in [0, 0.05) is 23.4 Å². The fraction of sp³-hybridized carbons (Fsp3) is 0.111. The maximum absolute atomic E-state index is 11.1. The maximum Gasteiger partial charge on any atom is 0.270 e. The zero-order valence-corrected chi connectivity index (χ0v) is 10.0. The number of anilines is 1. The molecule has 3 nitrogen and oxygen atoms in total. The van der Waals surface area contributed by atoms with E-state index in [9.17, 15) is 8.42 Å². The molecule has 0 unspecified atom stereocenters. The normalized spacial score (nSPS) is 15.9. The lowest BCUT2D eigenvalue weighted by Gasteiger charge is -2.17. The molecule has 0 radical (unpaired) electrons. The molecule has 0 spiro atoms. The third-order valence-electron chi connectivity index (χ3n) is 1.91. The zero-order chi connectivity index (χ0) is 10.9. The van der Waals surface area contributed by atoms with E-state index in [4.69, 9.17) is 10.7 Å². The van der Waals surface area contributed by atoms with Crippen LogP contribution < -0.4 is 4.90 Å². The number of allylic oxidation sites excluding steroid dienone is 2. The fourth-order valence-electron chi connectivity index (χ4n) is 1.23. The van der Waals surface area contributed by atoms with Gasteiger partial charge in [-0.1, -0.05) is 12.2 Å². The largest absolute Gasteiger partial charge is 0.336 e. The minimum Gasteiger partial charge on any atom is -0.336 e. The van der Waals surface area contributed by atoms with E-state index < -0.39 is 9.05 Å². The third-order valence-corrected chi connectivity index (χ3v) is 5.12. The number of rotatable bonds is 2. The Morgan fingerprint density at radius 2 is 2.13 bits per heavy atom. The van der Waals surface area contributed by atoms with Crippen molar-refractivity contribution in [2.75, 3.05) is 11.4 Å². The first-order chi connectivity index (χ1) is 7.07. The van der Waals surface area contributed by atoms with Crippen molar-refractivity contribution in [3.63, 3.8) is 0 Å². The van der Waals surface area contributed by atoms with E-state index in [1.807, 2.05) is 29.3 Å². The van der Waals surface area contributed by atoms with Crippen molar-refractivity contribution in [3.05, 3.63) is 36.6 Å². The van der Waals surface area contributed by atoms with E-state index in [0.717, 1.165) is 11.5 Å². The highest BCUT2D eigenvalue weighted by atomic mass is 35.7. The summed E-state index contributed by atoms with van der Waals surface area (Å²) in [6.45, 7) is 0.749. The van der Waals surface area contributed by atoms with Crippen LogP contribution in [0.1, 0.15) is 0 Å². The SMILES string of the molecule is O=S(=O)(Cl)c1ccc(N2C=CC=CC2)s1. The molecule has 0 fully saturated rings. The second kappa shape index (κ2) is 4.00. The van der Waals surface area contributed by atoms with Crippen LogP contribution in [-0.4, -0.2) is 15.0 Å². The van der Waals surface area contributed by atoms with E-state index in [1.165, 1.54) is 17.4 Å². The van der Waals surface area contributed by atoms with Crippen molar-refractivity contribution in [1.29, 1.82) is 0 Å². The summed E-state index contributed by atoms with van der Waals surface area (Å²) in [5.74, 6) is 0. The third kappa shape index (κ3) is 2.42. The second-order valence-corrected chi connectivity index (χ2v) is 6.81. The van der Waals surface area contributed by atoms with Gasteiger partial charge in [0.05, 0.1) is 5.00 Å². The average molecular weight is 262 g/mol. The van der Waals surface area contributed by atoms with Crippen LogP contribution in [0.3, 0.4) is 0 Å². The molecule has 1 aromatic heterocycles. The summed E-state index contributed by atoms with van der Waals surface area (Å²) in [6.07, 6.45) is 7.74. The Bertz CT molecular complexity index is 516. The Balaban J connectivity index is 2.28. The molecule has 0 atom stereocenters. The van der Waals surface area contributed by atoms with Gasteiger partial charge < -0.3 is 4.90 Å². The first-order valence-corrected chi connectivity index (χ1v) is 7.34. The van der Waals surface area contributed by atoms with Gasteiger partial charge in [-0.25, -0.2) is 8.42 Å². The van der Waals surface area contributed by atoms with Crippen molar-refractivity contribution in [3.8, 4) is 0 Å². The number of hydrogen-bond donors (Lipinski definition) is 0. The lowest BCUT2D eigenvalue weighted by molar-refractivity contribution is 0.611. The summed E-state index contributed by atoms with van der Waals surface area (Å²) in [5.41, 5.74) is 0. The van der Waals surface area contributed by atoms with Gasteiger partial charge in [0.2, 0.25) is 0 Å². The van der Waals surface area contributed by atoms with Gasteiger partial charge in [-0.2, -0.15) is 0 Å². The summed E-state index contributed by atoms with van der Waals surface area (Å²) >= 11 is 1.17. The molecule has 0 saturated carbocycles. The Hall–Kier alpha value is -0.780. The summed E-state index contributed by atoms with van der Waals surface area (Å²) in [6, 6.07) is 3.28. The Morgan fingerprint density at radius 3 is 2.67 bits per heavy atom. The highest BCUT2D eigenvalue weighted by molar-refractivity contribution is 8.15. The van der Waals surface area contributed by atoms with Gasteiger partial charge in [-0.3, -0.25) is 0 Å². The number of thiophene rings is 1. The molecule has 0 aromatic carbocycles. The molecule has 0 saturated heterocycles. The summed E-state index contributed by atoms with van der Waals surface area (Å²) in [7, 11) is 1.64. The first-order valence-electron chi connectivity index (χ1n) is 4.22. The van der Waals surface area contributed by atoms with Gasteiger partial charge >= 0.3 is 0 Å².